The Kier molecular flexibility index (Phi) is 5.27. The van der Waals surface area contributed by atoms with Crippen LogP contribution in [0.5, 0.6) is 0 Å². The SMILES string of the molecule is CC(C)c1ccccc1NC(=O)c1cc(Nc2ccccc2F)ccn1. The molecule has 0 aliphatic carbocycles. The molecule has 3 aromatic rings. The number of amides is 1. The molecular weight excluding hydrogens is 329 g/mol. The molecule has 0 atom stereocenters. The highest BCUT2D eigenvalue weighted by molar-refractivity contribution is 6.03. The Bertz CT molecular complexity index is 924. The van der Waals surface area contributed by atoms with Gasteiger partial charge in [-0.05, 0) is 41.8 Å². The summed E-state index contributed by atoms with van der Waals surface area (Å²) >= 11 is 0. The zero-order valence-corrected chi connectivity index (χ0v) is 14.7. The number of carbonyl (C=O) groups excluding carboxylic acids is 1. The number of nitrogens with one attached hydrogen (secondary N) is 2. The van der Waals surface area contributed by atoms with Gasteiger partial charge in [0.2, 0.25) is 0 Å². The molecule has 0 saturated heterocycles. The third-order valence-electron chi connectivity index (χ3n) is 3.98. The number of aromatic nitrogens is 1. The zero-order valence-electron chi connectivity index (χ0n) is 14.7. The fourth-order valence-electron chi connectivity index (χ4n) is 2.65. The van der Waals surface area contributed by atoms with E-state index in [0.717, 1.165) is 11.3 Å². The van der Waals surface area contributed by atoms with Gasteiger partial charge in [-0.15, -0.1) is 0 Å². The number of benzene rings is 2. The second kappa shape index (κ2) is 7.78. The lowest BCUT2D eigenvalue weighted by atomic mass is 10.0. The molecule has 0 unspecified atom stereocenters. The fourth-order valence-corrected chi connectivity index (χ4v) is 2.65. The molecule has 26 heavy (non-hydrogen) atoms. The number of rotatable bonds is 5. The molecular formula is C21H20FN3O. The van der Waals surface area contributed by atoms with Crippen molar-refractivity contribution in [3.8, 4) is 0 Å². The Balaban J connectivity index is 1.80. The maximum atomic E-state index is 13.8. The lowest BCUT2D eigenvalue weighted by Crippen LogP contribution is -2.15. The summed E-state index contributed by atoms with van der Waals surface area (Å²) < 4.78 is 13.8. The topological polar surface area (TPSA) is 54.0 Å². The molecule has 2 aromatic carbocycles. The molecule has 1 amide bonds. The van der Waals surface area contributed by atoms with Crippen LogP contribution < -0.4 is 10.6 Å². The molecule has 1 heterocycles. The van der Waals surface area contributed by atoms with E-state index in [9.17, 15) is 9.18 Å². The van der Waals surface area contributed by atoms with Gasteiger partial charge in [-0.3, -0.25) is 9.78 Å². The van der Waals surface area contributed by atoms with E-state index in [1.807, 2.05) is 24.3 Å². The van der Waals surface area contributed by atoms with Gasteiger partial charge in [-0.25, -0.2) is 4.39 Å². The molecule has 1 aromatic heterocycles. The van der Waals surface area contributed by atoms with Crippen molar-refractivity contribution in [1.82, 2.24) is 4.98 Å². The largest absolute Gasteiger partial charge is 0.353 e. The summed E-state index contributed by atoms with van der Waals surface area (Å²) in [5, 5.41) is 5.87. The summed E-state index contributed by atoms with van der Waals surface area (Å²) in [6.45, 7) is 4.14. The van der Waals surface area contributed by atoms with Crippen LogP contribution in [0.4, 0.5) is 21.5 Å². The van der Waals surface area contributed by atoms with Crippen molar-refractivity contribution in [3.05, 3.63) is 83.9 Å². The van der Waals surface area contributed by atoms with E-state index < -0.39 is 0 Å². The number of pyridine rings is 1. The van der Waals surface area contributed by atoms with Gasteiger partial charge < -0.3 is 10.6 Å². The minimum absolute atomic E-state index is 0.255. The smallest absolute Gasteiger partial charge is 0.274 e. The van der Waals surface area contributed by atoms with Crippen molar-refractivity contribution < 1.29 is 9.18 Å². The number of anilines is 3. The van der Waals surface area contributed by atoms with Crippen LogP contribution in [-0.4, -0.2) is 10.9 Å². The van der Waals surface area contributed by atoms with E-state index in [4.69, 9.17) is 0 Å². The first kappa shape index (κ1) is 17.6. The Morgan fingerprint density at radius 2 is 1.69 bits per heavy atom. The minimum atomic E-state index is -0.360. The molecule has 5 heteroatoms. The van der Waals surface area contributed by atoms with Crippen molar-refractivity contribution in [1.29, 1.82) is 0 Å². The summed E-state index contributed by atoms with van der Waals surface area (Å²) in [4.78, 5) is 16.7. The normalized spacial score (nSPS) is 10.6. The monoisotopic (exact) mass is 349 g/mol. The van der Waals surface area contributed by atoms with Crippen LogP contribution in [0, 0.1) is 5.82 Å². The zero-order chi connectivity index (χ0) is 18.5. The first-order chi connectivity index (χ1) is 12.5. The second-order valence-electron chi connectivity index (χ2n) is 6.23. The van der Waals surface area contributed by atoms with Crippen molar-refractivity contribution >= 4 is 23.0 Å². The molecule has 0 aliphatic heterocycles. The summed E-state index contributed by atoms with van der Waals surface area (Å²) in [7, 11) is 0. The van der Waals surface area contributed by atoms with E-state index in [1.54, 1.807) is 30.3 Å². The maximum absolute atomic E-state index is 13.8. The Hall–Kier alpha value is -3.21. The quantitative estimate of drug-likeness (QED) is 0.654. The van der Waals surface area contributed by atoms with E-state index in [1.165, 1.54) is 12.3 Å². The van der Waals surface area contributed by atoms with Crippen molar-refractivity contribution in [2.45, 2.75) is 19.8 Å². The average Bonchev–Trinajstić information content (AvgIpc) is 2.64. The number of carbonyl (C=O) groups is 1. The van der Waals surface area contributed by atoms with Crippen LogP contribution >= 0.6 is 0 Å². The number of hydrogen-bond donors (Lipinski definition) is 2. The van der Waals surface area contributed by atoms with Crippen molar-refractivity contribution in [2.24, 2.45) is 0 Å². The Morgan fingerprint density at radius 1 is 1.00 bits per heavy atom. The van der Waals surface area contributed by atoms with Crippen LogP contribution in [0.3, 0.4) is 0 Å². The molecule has 3 rings (SSSR count). The van der Waals surface area contributed by atoms with E-state index in [2.05, 4.69) is 29.5 Å². The fraction of sp³-hybridized carbons (Fsp3) is 0.143. The molecule has 0 spiro atoms. The Labute approximate surface area is 152 Å². The molecule has 0 radical (unpaired) electrons. The lowest BCUT2D eigenvalue weighted by Gasteiger charge is -2.14. The van der Waals surface area contributed by atoms with Crippen molar-refractivity contribution in [3.63, 3.8) is 0 Å². The van der Waals surface area contributed by atoms with Gasteiger partial charge >= 0.3 is 0 Å². The van der Waals surface area contributed by atoms with Crippen LogP contribution in [-0.2, 0) is 0 Å². The first-order valence-electron chi connectivity index (χ1n) is 8.42. The van der Waals surface area contributed by atoms with Crippen LogP contribution in [0.15, 0.2) is 66.9 Å². The maximum Gasteiger partial charge on any atom is 0.274 e. The molecule has 0 saturated carbocycles. The minimum Gasteiger partial charge on any atom is -0.353 e. The third kappa shape index (κ3) is 4.06. The van der Waals surface area contributed by atoms with Gasteiger partial charge in [-0.1, -0.05) is 44.2 Å². The number of halogens is 1. The predicted octanol–water partition coefficient (Wildman–Crippen LogP) is 5.34. The number of hydrogen-bond acceptors (Lipinski definition) is 3. The summed E-state index contributed by atoms with van der Waals surface area (Å²) in [6, 6.07) is 17.3. The molecule has 132 valence electrons. The lowest BCUT2D eigenvalue weighted by molar-refractivity contribution is 0.102. The van der Waals surface area contributed by atoms with Gasteiger partial charge in [-0.2, -0.15) is 0 Å². The molecule has 0 bridgehead atoms. The van der Waals surface area contributed by atoms with Crippen LogP contribution in [0.25, 0.3) is 0 Å². The molecule has 0 aliphatic rings. The predicted molar refractivity (Wildman–Crippen MR) is 102 cm³/mol. The first-order valence-corrected chi connectivity index (χ1v) is 8.42. The van der Waals surface area contributed by atoms with Crippen LogP contribution in [0.1, 0.15) is 35.8 Å². The molecule has 4 nitrogen and oxygen atoms in total. The highest BCUT2D eigenvalue weighted by atomic mass is 19.1. The van der Waals surface area contributed by atoms with Gasteiger partial charge in [0, 0.05) is 17.6 Å². The highest BCUT2D eigenvalue weighted by Gasteiger charge is 2.12. The van der Waals surface area contributed by atoms with Gasteiger partial charge in [0.1, 0.15) is 11.5 Å². The average molecular weight is 349 g/mol. The van der Waals surface area contributed by atoms with Crippen LogP contribution in [0.2, 0.25) is 0 Å². The second-order valence-corrected chi connectivity index (χ2v) is 6.23. The number of nitrogens with zero attached hydrogens (tertiary/aromatic N) is 1. The standard InChI is InChI=1S/C21H20FN3O/c1-14(2)16-7-3-5-9-18(16)25-21(26)20-13-15(11-12-23-20)24-19-10-6-4-8-17(19)22/h3-14H,1-2H3,(H,23,24)(H,25,26). The summed E-state index contributed by atoms with van der Waals surface area (Å²) in [6.07, 6.45) is 1.52. The highest BCUT2D eigenvalue weighted by Crippen LogP contribution is 2.24. The van der Waals surface area contributed by atoms with E-state index in [-0.39, 0.29) is 23.3 Å². The van der Waals surface area contributed by atoms with Gasteiger partial charge in [0.05, 0.1) is 5.69 Å². The third-order valence-corrected chi connectivity index (χ3v) is 3.98. The Morgan fingerprint density at radius 3 is 2.42 bits per heavy atom. The molecule has 0 fully saturated rings. The van der Waals surface area contributed by atoms with Crippen molar-refractivity contribution in [2.75, 3.05) is 10.6 Å². The van der Waals surface area contributed by atoms with E-state index in [0.29, 0.717) is 11.4 Å². The van der Waals surface area contributed by atoms with Gasteiger partial charge in [0.15, 0.2) is 0 Å². The summed E-state index contributed by atoms with van der Waals surface area (Å²) in [5.74, 6) is -0.384. The van der Waals surface area contributed by atoms with E-state index >= 15 is 0 Å². The molecule has 2 N–H and O–H groups in total. The van der Waals surface area contributed by atoms with Gasteiger partial charge in [0.25, 0.3) is 5.91 Å². The summed E-state index contributed by atoms with van der Waals surface area (Å²) in [5.41, 5.74) is 3.01. The number of para-hydroxylation sites is 2.